The van der Waals surface area contributed by atoms with Crippen molar-refractivity contribution in [2.75, 3.05) is 33.0 Å². The van der Waals surface area contributed by atoms with Crippen LogP contribution < -0.4 is 5.11 Å². The fourth-order valence-corrected chi connectivity index (χ4v) is 19.1. The molecule has 0 radical (unpaired) electrons. The number of rotatable bonds is 21. The summed E-state index contributed by atoms with van der Waals surface area (Å²) >= 11 is 6.10. The van der Waals surface area contributed by atoms with Gasteiger partial charge in [-0.25, -0.2) is 8.42 Å². The maximum atomic E-state index is 13.3. The van der Waals surface area contributed by atoms with Crippen molar-refractivity contribution < 1.29 is 83.8 Å². The van der Waals surface area contributed by atoms with Gasteiger partial charge in [0.05, 0.1) is 57.6 Å². The standard InChI is InChI=1S/C20H29F3O7S.C18H13S.C17H28NO2.C12H22O2.C10H14O.C7H3I3O2/c1-4-17(2,3)15(24)30-19-8-12-5-13(9-19)7-18(6-12,11-19)16(25)29-14(20(21,22)23)10-31(26,27)28;1-2-8-14(9-3-1)19-17-12-6-4-10-15(17)16-11-5-7-13-18(16)19;1-6-17(2,3)16(19)20-13-12-18(4,5)14-15-10-8-7-9-11-15;1-5-11(2,3)10(13)14-12(4)8-6-7-9-12;1-3-8(2)9-5-4-6-10(11)7-9;8-3-1-2-4(9)6(10)5(3)7(11)12/h12-14H,4-11H2,1-3H3,(H,26,27,28);1-13H;7-11H,6,12-14H2,1-5H3;5-9H2,1-4H3;4-8,11H,3H2,1-2H3;1-2H,(H,11,12)/q;2*+1;;;/p-2. The highest BCUT2D eigenvalue weighted by Gasteiger charge is 2.64. The molecule has 107 heavy (non-hydrogen) atoms. The van der Waals surface area contributed by atoms with E-state index in [1.807, 2.05) is 124 Å². The van der Waals surface area contributed by atoms with Crippen LogP contribution in [0.1, 0.15) is 200 Å². The smallest absolute Gasteiger partial charge is 0.426 e. The minimum Gasteiger partial charge on any atom is -0.748 e. The molecule has 23 heteroatoms. The van der Waals surface area contributed by atoms with E-state index in [4.69, 9.17) is 19.3 Å². The summed E-state index contributed by atoms with van der Waals surface area (Å²) in [6, 6.07) is 49.9. The summed E-state index contributed by atoms with van der Waals surface area (Å²) in [5.74, 6) is -3.78. The lowest BCUT2D eigenvalue weighted by Crippen LogP contribution is -2.61. The molecule has 5 aliphatic rings. The lowest BCUT2D eigenvalue weighted by atomic mass is 9.48. The van der Waals surface area contributed by atoms with Gasteiger partial charge in [0, 0.05) is 49.5 Å². The summed E-state index contributed by atoms with van der Waals surface area (Å²) in [4.78, 5) is 61.5. The molecule has 0 aliphatic heterocycles. The Morgan fingerprint density at radius 1 is 0.664 bits per heavy atom. The second-order valence-corrected chi connectivity index (χ2v) is 38.5. The van der Waals surface area contributed by atoms with E-state index in [2.05, 4.69) is 165 Å². The third-order valence-corrected chi connectivity index (χ3v) is 28.2. The predicted octanol–water partition coefficient (Wildman–Crippen LogP) is 20.4. The number of esters is 4. The van der Waals surface area contributed by atoms with Crippen molar-refractivity contribution in [1.29, 1.82) is 0 Å². The highest BCUT2D eigenvalue weighted by molar-refractivity contribution is 14.1. The molecule has 12 rings (SSSR count). The molecule has 4 atom stereocenters. The Hall–Kier alpha value is -5.46. The molecule has 586 valence electrons. The first-order chi connectivity index (χ1) is 49.9. The number of phenols is 1. The molecule has 1 heterocycles. The number of aromatic carboxylic acids is 1. The van der Waals surface area contributed by atoms with Crippen molar-refractivity contribution in [2.45, 2.75) is 209 Å². The van der Waals surface area contributed by atoms with Gasteiger partial charge in [0.2, 0.25) is 6.10 Å². The van der Waals surface area contributed by atoms with E-state index in [1.165, 1.54) is 49.0 Å². The Morgan fingerprint density at radius 3 is 1.63 bits per heavy atom. The molecular formula is C84H107F3I3NO14S2. The number of carbonyl (C=O) groups is 5. The van der Waals surface area contributed by atoms with E-state index in [0.717, 1.165) is 66.8 Å². The summed E-state index contributed by atoms with van der Waals surface area (Å²) in [7, 11) is -0.895. The monoisotopic (exact) mass is 1860 g/mol. The van der Waals surface area contributed by atoms with Gasteiger partial charge >= 0.3 is 30.1 Å². The summed E-state index contributed by atoms with van der Waals surface area (Å²) in [6.45, 7) is 25.7. The zero-order valence-electron chi connectivity index (χ0n) is 64.2. The molecule has 5 aliphatic carbocycles. The highest BCUT2D eigenvalue weighted by Crippen LogP contribution is 2.64. The van der Waals surface area contributed by atoms with Crippen LogP contribution in [0.4, 0.5) is 13.2 Å². The van der Waals surface area contributed by atoms with Crippen molar-refractivity contribution >= 4 is 138 Å². The topological polar surface area (TPSA) is 223 Å². The Balaban J connectivity index is 0.000000209. The zero-order valence-corrected chi connectivity index (χ0v) is 72.3. The molecule has 1 aromatic heterocycles. The van der Waals surface area contributed by atoms with Crippen LogP contribution in [0.3, 0.4) is 0 Å². The Kier molecular flexibility index (Phi) is 32.7. The number of quaternary nitrogens is 1. The lowest BCUT2D eigenvalue weighted by molar-refractivity contribution is -0.903. The molecule has 5 saturated carbocycles. The number of hydrogen-bond acceptors (Lipinski definition) is 14. The number of carboxylic acid groups (broad SMARTS) is 1. The molecular weight excluding hydrogens is 1750 g/mol. The number of fused-ring (bicyclic) bond motifs is 3. The zero-order chi connectivity index (χ0) is 79.7. The lowest BCUT2D eigenvalue weighted by Gasteiger charge is -2.60. The third kappa shape index (κ3) is 25.8. The van der Waals surface area contributed by atoms with Gasteiger partial charge in [-0.15, -0.1) is 0 Å². The van der Waals surface area contributed by atoms with E-state index in [1.54, 1.807) is 26.0 Å². The Labute approximate surface area is 675 Å². The van der Waals surface area contributed by atoms with Gasteiger partial charge in [-0.2, -0.15) is 13.2 Å². The molecule has 7 aromatic rings. The van der Waals surface area contributed by atoms with E-state index in [9.17, 15) is 55.2 Å². The first-order valence-electron chi connectivity index (χ1n) is 36.7. The van der Waals surface area contributed by atoms with Crippen molar-refractivity contribution in [3.05, 3.63) is 173 Å². The van der Waals surface area contributed by atoms with Crippen molar-refractivity contribution in [3.8, 4) is 10.6 Å². The first-order valence-corrected chi connectivity index (χ1v) is 42.7. The number of likely N-dealkylation sites (N-methyl/N-ethyl adjacent to an activating group) is 1. The minimum absolute atomic E-state index is 0.00100. The highest BCUT2D eigenvalue weighted by atomic mass is 127. The second-order valence-electron chi connectivity index (χ2n) is 31.7. The Bertz CT molecular complexity index is 4190. The number of aromatic hydroxyl groups is 1. The number of phenolic OH excluding ortho intramolecular Hbond substituents is 1. The van der Waals surface area contributed by atoms with Gasteiger partial charge < -0.3 is 43.0 Å². The quantitative estimate of drug-likeness (QED) is 0.0134. The van der Waals surface area contributed by atoms with Crippen molar-refractivity contribution in [3.63, 3.8) is 0 Å². The maximum absolute atomic E-state index is 13.3. The summed E-state index contributed by atoms with van der Waals surface area (Å²) < 4.78 is 100. The fourth-order valence-electron chi connectivity index (χ4n) is 13.7. The normalized spacial score (nSPS) is 19.2. The first kappa shape index (κ1) is 90.4. The van der Waals surface area contributed by atoms with Crippen LogP contribution in [0.25, 0.3) is 25.1 Å². The van der Waals surface area contributed by atoms with E-state index >= 15 is 0 Å². The van der Waals surface area contributed by atoms with E-state index in [-0.39, 0.29) is 57.1 Å². The van der Waals surface area contributed by atoms with Crippen LogP contribution in [0.2, 0.25) is 0 Å². The average Bonchev–Trinajstić information content (AvgIpc) is 1.49. The number of carbonyl (C=O) groups excluding carboxylic acids is 5. The van der Waals surface area contributed by atoms with Crippen LogP contribution in [0.15, 0.2) is 146 Å². The van der Waals surface area contributed by atoms with Gasteiger partial charge in [0.15, 0.2) is 14.3 Å². The molecule has 4 unspecified atom stereocenters. The third-order valence-electron chi connectivity index (χ3n) is 21.2. The molecule has 15 nitrogen and oxygen atoms in total. The van der Waals surface area contributed by atoms with Crippen LogP contribution in [-0.4, -0.2) is 109 Å². The van der Waals surface area contributed by atoms with Crippen LogP contribution in [-0.2, 0) is 54.8 Å². The Morgan fingerprint density at radius 2 is 1.15 bits per heavy atom. The van der Waals surface area contributed by atoms with Crippen molar-refractivity contribution in [2.24, 2.45) is 33.5 Å². The average molecular weight is 1860 g/mol. The summed E-state index contributed by atoms with van der Waals surface area (Å²) in [5, 5.41) is 22.6. The largest absolute Gasteiger partial charge is 0.748 e. The van der Waals surface area contributed by atoms with Gasteiger partial charge in [-0.05, 0) is 284 Å². The molecule has 6 aromatic carbocycles. The number of thiophene rings is 1. The van der Waals surface area contributed by atoms with Gasteiger partial charge in [0.1, 0.15) is 36.6 Å². The molecule has 0 saturated heterocycles. The van der Waals surface area contributed by atoms with Crippen LogP contribution in [0, 0.1) is 44.2 Å². The second kappa shape index (κ2) is 38.7. The van der Waals surface area contributed by atoms with Crippen molar-refractivity contribution in [1.82, 2.24) is 0 Å². The molecule has 0 spiro atoms. The molecule has 1 N–H and O–H groups in total. The fraction of sp³-hybridized carbons (Fsp3) is 0.512. The molecule has 0 amide bonds. The van der Waals surface area contributed by atoms with Crippen LogP contribution >= 0.6 is 78.2 Å². The van der Waals surface area contributed by atoms with Gasteiger partial charge in [0.25, 0.3) is 0 Å². The number of hydrogen-bond donors (Lipinski definition) is 1. The molecule has 4 bridgehead atoms. The van der Waals surface area contributed by atoms with E-state index < -0.39 is 62.5 Å². The molecule has 5 fully saturated rings. The van der Waals surface area contributed by atoms with Gasteiger partial charge in [-0.3, -0.25) is 19.2 Å². The SMILES string of the molecule is CCC(C)(C)C(=O)OC1(C)CCCC1.CCC(C)(C)C(=O)OC12CC3CC(C1)CC(C(=O)OC(CS(=O)(=O)[O-])C(F)(F)F)(C3)C2.CCC(C)(C)C(=O)OCC[N+](C)(C)Cc1ccccc1.CCC(C)c1cccc(O)c1.O=C([O-])c1c(I)ccc(I)c1I.c1ccc(-[s+]2c3ccccc3c3ccccc32)cc1. The van der Waals surface area contributed by atoms with E-state index in [0.29, 0.717) is 55.9 Å². The number of ether oxygens (including phenoxy) is 4. The summed E-state index contributed by atoms with van der Waals surface area (Å²) in [6.07, 6.45) is 2.04. The minimum atomic E-state index is -5.27. The number of halogens is 6. The number of carboxylic acids is 1. The predicted molar refractivity (Wildman–Crippen MR) is 441 cm³/mol. The van der Waals surface area contributed by atoms with Crippen LogP contribution in [0.5, 0.6) is 5.75 Å². The summed E-state index contributed by atoms with van der Waals surface area (Å²) in [5.41, 5.74) is -1.03. The number of benzene rings is 6. The van der Waals surface area contributed by atoms with Gasteiger partial charge in [-0.1, -0.05) is 120 Å². The number of alkyl halides is 3. The number of nitrogens with zero attached hydrogens (tertiary/aromatic N) is 1. The maximum Gasteiger partial charge on any atom is 0.426 e.